The Bertz CT molecular complexity index is 2400. The molecule has 0 saturated carbocycles. The maximum Gasteiger partial charge on any atom is 0.260 e. The van der Waals surface area contributed by atoms with Gasteiger partial charge in [0.25, 0.3) is 11.5 Å². The lowest BCUT2D eigenvalue weighted by atomic mass is 9.98. The van der Waals surface area contributed by atoms with E-state index in [1.807, 2.05) is 6.07 Å². The number of nitrogens with one attached hydrogen (secondary N) is 1. The number of amides is 1. The Kier molecular flexibility index (Phi) is 7.62. The molecule has 1 amide bonds. The number of benzene rings is 3. The lowest BCUT2D eigenvalue weighted by Gasteiger charge is -2.36. The fourth-order valence-electron chi connectivity index (χ4n) is 6.03. The van der Waals surface area contributed by atoms with Crippen LogP contribution in [0.5, 0.6) is 0 Å². The molecule has 46 heavy (non-hydrogen) atoms. The summed E-state index contributed by atoms with van der Waals surface area (Å²) in [5, 5.41) is 10.6. The van der Waals surface area contributed by atoms with Crippen molar-refractivity contribution < 1.29 is 30.4 Å². The van der Waals surface area contributed by atoms with Crippen molar-refractivity contribution in [2.75, 3.05) is 43.0 Å². The monoisotopic (exact) mass is 665 g/mol. The Balaban J connectivity index is 1.52. The van der Waals surface area contributed by atoms with Crippen LogP contribution < -0.4 is 9.86 Å². The van der Waals surface area contributed by atoms with Gasteiger partial charge in [-0.25, -0.2) is 21.2 Å². The molecule has 1 atom stereocenters. The number of hydrogen-bond acceptors (Lipinski definition) is 8. The second kappa shape index (κ2) is 11.2. The maximum atomic E-state index is 13.9. The van der Waals surface area contributed by atoms with Crippen molar-refractivity contribution in [3.05, 3.63) is 76.3 Å². The number of carbonyl (C=O) groups excluding carboxylic acids is 1. The Hall–Kier alpha value is -4.78. The first kappa shape index (κ1) is 31.2. The average Bonchev–Trinajstić information content (AvgIpc) is 3.38. The standard InChI is InChI=1S/C31H28FN5O7S2/c1-4-36(45(2,40)41)26-15-27-24(28-29(44-27)22-9-8-20(32)13-25(22)34-30(28)38)14-23(26)18-6-5-7-19(12-18)31(39)35-10-11-37(46(3,42)43)21(16-33)17-35/h5-9,12-15,21H,4,10-11,17H2,1-3H3,(H,34,38). The molecule has 0 aliphatic carbocycles. The zero-order chi connectivity index (χ0) is 33.1. The summed E-state index contributed by atoms with van der Waals surface area (Å²) in [7, 11) is -7.44. The van der Waals surface area contributed by atoms with E-state index in [1.165, 1.54) is 33.5 Å². The molecule has 0 spiro atoms. The Morgan fingerprint density at radius 2 is 1.85 bits per heavy atom. The summed E-state index contributed by atoms with van der Waals surface area (Å²) in [6.45, 7) is 1.65. The first-order valence-corrected chi connectivity index (χ1v) is 17.9. The molecule has 6 rings (SSSR count). The van der Waals surface area contributed by atoms with E-state index in [1.54, 1.807) is 37.3 Å². The molecule has 12 nitrogen and oxygen atoms in total. The fraction of sp³-hybridized carbons (Fsp3) is 0.258. The fourth-order valence-corrected chi connectivity index (χ4v) is 7.99. The van der Waals surface area contributed by atoms with Crippen LogP contribution in [0.3, 0.4) is 0 Å². The van der Waals surface area contributed by atoms with Gasteiger partial charge in [0.2, 0.25) is 20.0 Å². The van der Waals surface area contributed by atoms with Gasteiger partial charge in [-0.15, -0.1) is 0 Å². The number of furan rings is 1. The molecular weight excluding hydrogens is 638 g/mol. The molecule has 3 aromatic carbocycles. The van der Waals surface area contributed by atoms with Gasteiger partial charge in [0.1, 0.15) is 23.0 Å². The second-order valence-corrected chi connectivity index (χ2v) is 14.9. The van der Waals surface area contributed by atoms with Crippen LogP contribution >= 0.6 is 0 Å². The van der Waals surface area contributed by atoms with E-state index < -0.39 is 43.4 Å². The predicted octanol–water partition coefficient (Wildman–Crippen LogP) is 3.63. The topological polar surface area (TPSA) is 165 Å². The van der Waals surface area contributed by atoms with Crippen molar-refractivity contribution >= 4 is 64.5 Å². The van der Waals surface area contributed by atoms with Crippen LogP contribution in [0.15, 0.2) is 63.8 Å². The number of halogens is 1. The van der Waals surface area contributed by atoms with Crippen LogP contribution in [-0.4, -0.2) is 81.7 Å². The number of carbonyl (C=O) groups is 1. The molecule has 1 saturated heterocycles. The molecular formula is C31H28FN5O7S2. The minimum atomic E-state index is -3.79. The number of pyridine rings is 1. The van der Waals surface area contributed by atoms with Crippen LogP contribution in [-0.2, 0) is 20.0 Å². The number of rotatable bonds is 6. The number of nitriles is 1. The number of fused-ring (bicyclic) bond motifs is 5. The molecule has 1 unspecified atom stereocenters. The summed E-state index contributed by atoms with van der Waals surface area (Å²) in [5.41, 5.74) is 1.51. The van der Waals surface area contributed by atoms with Crippen molar-refractivity contribution in [3.63, 3.8) is 0 Å². The summed E-state index contributed by atoms with van der Waals surface area (Å²) in [6.07, 6.45) is 2.08. The second-order valence-electron chi connectivity index (χ2n) is 11.1. The molecule has 15 heteroatoms. The minimum Gasteiger partial charge on any atom is -0.455 e. The Labute approximate surface area is 263 Å². The van der Waals surface area contributed by atoms with E-state index in [4.69, 9.17) is 4.42 Å². The molecule has 1 N–H and O–H groups in total. The normalized spacial score (nSPS) is 16.2. The van der Waals surface area contributed by atoms with Crippen LogP contribution in [0.25, 0.3) is 44.0 Å². The SMILES string of the molecule is CCN(c1cc2oc3c4ccc(F)cc4[nH]c(=O)c3c2cc1-c1cccc(C(=O)N2CCN(S(C)(=O)=O)C(C#N)C2)c1)S(C)(=O)=O. The average molecular weight is 666 g/mol. The lowest BCUT2D eigenvalue weighted by molar-refractivity contribution is 0.0665. The zero-order valence-electron chi connectivity index (χ0n) is 24.9. The van der Waals surface area contributed by atoms with E-state index in [2.05, 4.69) is 4.98 Å². The van der Waals surface area contributed by atoms with Gasteiger partial charge < -0.3 is 14.3 Å². The maximum absolute atomic E-state index is 13.9. The first-order valence-electron chi connectivity index (χ1n) is 14.2. The summed E-state index contributed by atoms with van der Waals surface area (Å²) in [4.78, 5) is 31.0. The molecule has 3 heterocycles. The third kappa shape index (κ3) is 5.38. The van der Waals surface area contributed by atoms with Gasteiger partial charge >= 0.3 is 0 Å². The van der Waals surface area contributed by atoms with Crippen molar-refractivity contribution in [1.29, 1.82) is 5.26 Å². The van der Waals surface area contributed by atoms with E-state index in [0.29, 0.717) is 21.9 Å². The lowest BCUT2D eigenvalue weighted by Crippen LogP contribution is -2.55. The zero-order valence-corrected chi connectivity index (χ0v) is 26.6. The van der Waals surface area contributed by atoms with Gasteiger partial charge in [0.05, 0.1) is 41.7 Å². The van der Waals surface area contributed by atoms with Gasteiger partial charge in [0.15, 0.2) is 0 Å². The van der Waals surface area contributed by atoms with Crippen LogP contribution in [0.2, 0.25) is 0 Å². The predicted molar refractivity (Wildman–Crippen MR) is 172 cm³/mol. The summed E-state index contributed by atoms with van der Waals surface area (Å²) >= 11 is 0. The summed E-state index contributed by atoms with van der Waals surface area (Å²) in [5.74, 6) is -0.970. The summed E-state index contributed by atoms with van der Waals surface area (Å²) < 4.78 is 72.4. The number of H-pyrrole nitrogens is 1. The van der Waals surface area contributed by atoms with Gasteiger partial charge in [0, 0.05) is 47.6 Å². The van der Waals surface area contributed by atoms with Crippen molar-refractivity contribution in [1.82, 2.24) is 14.2 Å². The van der Waals surface area contributed by atoms with E-state index in [0.717, 1.165) is 16.8 Å². The van der Waals surface area contributed by atoms with Gasteiger partial charge in [-0.1, -0.05) is 12.1 Å². The molecule has 5 aromatic rings. The number of nitrogens with zero attached hydrogens (tertiary/aromatic N) is 4. The highest BCUT2D eigenvalue weighted by atomic mass is 32.2. The quantitative estimate of drug-likeness (QED) is 0.287. The molecule has 1 aliphatic heterocycles. The molecule has 1 fully saturated rings. The van der Waals surface area contributed by atoms with Gasteiger partial charge in [-0.2, -0.15) is 9.57 Å². The van der Waals surface area contributed by atoms with Crippen molar-refractivity contribution in [3.8, 4) is 17.2 Å². The third-order valence-corrected chi connectivity index (χ3v) is 10.6. The largest absolute Gasteiger partial charge is 0.455 e. The minimum absolute atomic E-state index is 0.0352. The highest BCUT2D eigenvalue weighted by Gasteiger charge is 2.35. The number of sulfonamides is 2. The molecule has 238 valence electrons. The van der Waals surface area contributed by atoms with E-state index in [-0.39, 0.29) is 59.5 Å². The third-order valence-electron chi connectivity index (χ3n) is 8.08. The van der Waals surface area contributed by atoms with Gasteiger partial charge in [-0.3, -0.25) is 13.9 Å². The Morgan fingerprint density at radius 1 is 1.09 bits per heavy atom. The number of hydrogen-bond donors (Lipinski definition) is 1. The highest BCUT2D eigenvalue weighted by molar-refractivity contribution is 7.92. The molecule has 2 aromatic heterocycles. The highest BCUT2D eigenvalue weighted by Crippen LogP contribution is 2.40. The first-order chi connectivity index (χ1) is 21.7. The van der Waals surface area contributed by atoms with E-state index in [9.17, 15) is 36.1 Å². The summed E-state index contributed by atoms with van der Waals surface area (Å²) in [6, 6.07) is 14.5. The van der Waals surface area contributed by atoms with Crippen LogP contribution in [0.1, 0.15) is 17.3 Å². The number of aromatic nitrogens is 1. The number of aromatic amines is 1. The van der Waals surface area contributed by atoms with Crippen LogP contribution in [0.4, 0.5) is 10.1 Å². The Morgan fingerprint density at radius 3 is 2.52 bits per heavy atom. The molecule has 1 aliphatic rings. The van der Waals surface area contributed by atoms with E-state index >= 15 is 0 Å². The van der Waals surface area contributed by atoms with Crippen molar-refractivity contribution in [2.24, 2.45) is 0 Å². The van der Waals surface area contributed by atoms with Crippen LogP contribution in [0, 0.1) is 17.1 Å². The number of anilines is 1. The number of piperazine rings is 1. The van der Waals surface area contributed by atoms with Gasteiger partial charge in [-0.05, 0) is 48.9 Å². The molecule has 0 bridgehead atoms. The smallest absolute Gasteiger partial charge is 0.260 e. The molecule has 0 radical (unpaired) electrons. The van der Waals surface area contributed by atoms with Crippen molar-refractivity contribution in [2.45, 2.75) is 13.0 Å².